The van der Waals surface area contributed by atoms with E-state index in [0.717, 1.165) is 22.4 Å². The van der Waals surface area contributed by atoms with Gasteiger partial charge in [0.05, 0.1) is 17.7 Å². The molecule has 1 aliphatic rings. The van der Waals surface area contributed by atoms with Crippen molar-refractivity contribution in [3.63, 3.8) is 0 Å². The number of carbonyl (C=O) groups excluding carboxylic acids is 3. The first-order valence-corrected chi connectivity index (χ1v) is 12.8. The Morgan fingerprint density at radius 3 is 2.32 bits per heavy atom. The van der Waals surface area contributed by atoms with Crippen LogP contribution in [0.4, 0.5) is 4.79 Å². The molecule has 2 N–H and O–H groups in total. The second-order valence-corrected chi connectivity index (χ2v) is 10.6. The summed E-state index contributed by atoms with van der Waals surface area (Å²) in [5.74, 6) is -0.934. The topological polar surface area (TPSA) is 105 Å². The number of rotatable bonds is 10. The fourth-order valence-electron chi connectivity index (χ4n) is 4.43. The lowest BCUT2D eigenvalue weighted by atomic mass is 9.83. The molecule has 3 atom stereocenters. The summed E-state index contributed by atoms with van der Waals surface area (Å²) in [4.78, 5) is 40.2. The van der Waals surface area contributed by atoms with E-state index < -0.39 is 35.2 Å². The summed E-state index contributed by atoms with van der Waals surface area (Å²) in [5.41, 5.74) is -0.0294. The first-order chi connectivity index (χ1) is 17.5. The van der Waals surface area contributed by atoms with Crippen LogP contribution in [0.15, 0.2) is 54.6 Å². The second kappa shape index (κ2) is 11.9. The van der Waals surface area contributed by atoms with Gasteiger partial charge in [-0.15, -0.1) is 0 Å². The third-order valence-corrected chi connectivity index (χ3v) is 6.42. The molecule has 1 aliphatic heterocycles. The Hall–Kier alpha value is -3.23. The number of hydrogen-bond donors (Lipinski definition) is 2. The zero-order valence-electron chi connectivity index (χ0n) is 22.3. The minimum absolute atomic E-state index is 0.145. The maximum Gasteiger partial charge on any atom is 0.417 e. The Labute approximate surface area is 219 Å². The number of hydrogen-bond acceptors (Lipinski definition) is 7. The predicted molar refractivity (Wildman–Crippen MR) is 140 cm³/mol. The van der Waals surface area contributed by atoms with Gasteiger partial charge in [0, 0.05) is 13.0 Å². The van der Waals surface area contributed by atoms with E-state index in [4.69, 9.17) is 9.47 Å². The number of aliphatic hydroxyl groups excluding tert-OH is 1. The quantitative estimate of drug-likeness (QED) is 0.461. The third-order valence-electron chi connectivity index (χ3n) is 6.42. The van der Waals surface area contributed by atoms with Crippen LogP contribution < -0.4 is 5.32 Å². The number of ether oxygens (including phenoxy) is 2. The van der Waals surface area contributed by atoms with Crippen molar-refractivity contribution in [3.05, 3.63) is 71.3 Å². The average Bonchev–Trinajstić information content (AvgIpc) is 3.21. The standard InChI is InChI=1S/C29H38N2O6/c1-6-10-24-19-36-27(35)31(24)26(34)29(20(2)32,17-21-11-8-7-9-12-21)30-18-22-13-15-23(16-14-22)25(33)37-28(3,4)5/h7-9,11-16,20,24,30,32H,6,10,17-19H2,1-5H3/t20-,24-,29+/m1/s1. The molecule has 0 unspecified atom stereocenters. The molecule has 2 amide bonds. The van der Waals surface area contributed by atoms with Crippen molar-refractivity contribution in [1.82, 2.24) is 10.2 Å². The third kappa shape index (κ3) is 6.96. The van der Waals surface area contributed by atoms with E-state index in [1.165, 1.54) is 0 Å². The molecule has 0 radical (unpaired) electrons. The second-order valence-electron chi connectivity index (χ2n) is 10.6. The summed E-state index contributed by atoms with van der Waals surface area (Å²) >= 11 is 0. The maximum absolute atomic E-state index is 14.0. The molecule has 200 valence electrons. The Morgan fingerprint density at radius 2 is 1.76 bits per heavy atom. The zero-order chi connectivity index (χ0) is 27.2. The van der Waals surface area contributed by atoms with Crippen LogP contribution in [0, 0.1) is 0 Å². The predicted octanol–water partition coefficient (Wildman–Crippen LogP) is 4.24. The summed E-state index contributed by atoms with van der Waals surface area (Å²) in [6.45, 7) is 9.33. The van der Waals surface area contributed by atoms with Crippen molar-refractivity contribution in [2.45, 2.75) is 83.7 Å². The number of nitrogens with zero attached hydrogens (tertiary/aromatic N) is 1. The monoisotopic (exact) mass is 510 g/mol. The Morgan fingerprint density at radius 1 is 1.11 bits per heavy atom. The SMILES string of the molecule is CCC[C@@H]1COC(=O)N1C(=O)[C@@](Cc1ccccc1)(NCc1ccc(C(=O)OC(C)(C)C)cc1)[C@@H](C)O. The molecule has 0 aromatic heterocycles. The first kappa shape index (κ1) is 28.3. The lowest BCUT2D eigenvalue weighted by Crippen LogP contribution is -2.66. The van der Waals surface area contributed by atoms with Gasteiger partial charge >= 0.3 is 12.1 Å². The van der Waals surface area contributed by atoms with Crippen LogP contribution in [0.5, 0.6) is 0 Å². The molecule has 0 bridgehead atoms. The van der Waals surface area contributed by atoms with Crippen molar-refractivity contribution in [3.8, 4) is 0 Å². The maximum atomic E-state index is 14.0. The number of imide groups is 1. The van der Waals surface area contributed by atoms with Crippen molar-refractivity contribution < 1.29 is 29.0 Å². The summed E-state index contributed by atoms with van der Waals surface area (Å²) in [6.07, 6.45) is -0.251. The fraction of sp³-hybridized carbons (Fsp3) is 0.483. The van der Waals surface area contributed by atoms with Gasteiger partial charge < -0.3 is 14.6 Å². The highest BCUT2D eigenvalue weighted by Gasteiger charge is 2.51. The normalized spacial score (nSPS) is 18.2. The van der Waals surface area contributed by atoms with Crippen molar-refractivity contribution in [2.24, 2.45) is 0 Å². The molecule has 2 aromatic rings. The molecule has 1 saturated heterocycles. The average molecular weight is 511 g/mol. The molecule has 1 fully saturated rings. The first-order valence-electron chi connectivity index (χ1n) is 12.8. The molecule has 8 heteroatoms. The van der Waals surface area contributed by atoms with Crippen LogP contribution >= 0.6 is 0 Å². The highest BCUT2D eigenvalue weighted by molar-refractivity contribution is 5.99. The van der Waals surface area contributed by atoms with E-state index in [1.807, 2.05) is 58.0 Å². The number of esters is 1. The molecule has 8 nitrogen and oxygen atoms in total. The molecule has 0 spiro atoms. The lowest BCUT2D eigenvalue weighted by molar-refractivity contribution is -0.141. The minimum atomic E-state index is -1.49. The molecule has 1 heterocycles. The highest BCUT2D eigenvalue weighted by Crippen LogP contribution is 2.27. The molecular formula is C29H38N2O6. The molecule has 3 rings (SSSR count). The summed E-state index contributed by atoms with van der Waals surface area (Å²) in [6, 6.07) is 15.9. The summed E-state index contributed by atoms with van der Waals surface area (Å²) in [5, 5.41) is 14.3. The van der Waals surface area contributed by atoms with Gasteiger partial charge in [0.25, 0.3) is 5.91 Å². The summed E-state index contributed by atoms with van der Waals surface area (Å²) in [7, 11) is 0. The van der Waals surface area contributed by atoms with Gasteiger partial charge in [0.2, 0.25) is 0 Å². The molecule has 2 aromatic carbocycles. The summed E-state index contributed by atoms with van der Waals surface area (Å²) < 4.78 is 10.6. The van der Waals surface area contributed by atoms with Crippen LogP contribution in [-0.2, 0) is 27.2 Å². The van der Waals surface area contributed by atoms with Gasteiger partial charge in [-0.2, -0.15) is 0 Å². The number of nitrogens with one attached hydrogen (secondary N) is 1. The fourth-order valence-corrected chi connectivity index (χ4v) is 4.43. The van der Waals surface area contributed by atoms with Crippen LogP contribution in [-0.4, -0.2) is 57.9 Å². The van der Waals surface area contributed by atoms with E-state index >= 15 is 0 Å². The molecule has 0 aliphatic carbocycles. The number of carbonyl (C=O) groups is 3. The van der Waals surface area contributed by atoms with Gasteiger partial charge in [0.1, 0.15) is 17.7 Å². The van der Waals surface area contributed by atoms with E-state index in [-0.39, 0.29) is 25.6 Å². The number of cyclic esters (lactones) is 1. The van der Waals surface area contributed by atoms with Crippen molar-refractivity contribution in [1.29, 1.82) is 0 Å². The van der Waals surface area contributed by atoms with Crippen LogP contribution in [0.1, 0.15) is 68.9 Å². The number of benzene rings is 2. The van der Waals surface area contributed by atoms with E-state index in [9.17, 15) is 19.5 Å². The van der Waals surface area contributed by atoms with E-state index in [0.29, 0.717) is 12.0 Å². The molecular weight excluding hydrogens is 472 g/mol. The Bertz CT molecular complexity index is 1080. The van der Waals surface area contributed by atoms with Gasteiger partial charge in [-0.25, -0.2) is 14.5 Å². The number of aliphatic hydroxyl groups is 1. The van der Waals surface area contributed by atoms with Crippen LogP contribution in [0.2, 0.25) is 0 Å². The van der Waals surface area contributed by atoms with Gasteiger partial charge in [-0.1, -0.05) is 55.8 Å². The number of amides is 2. The smallest absolute Gasteiger partial charge is 0.417 e. The van der Waals surface area contributed by atoms with Gasteiger partial charge in [-0.3, -0.25) is 10.1 Å². The largest absolute Gasteiger partial charge is 0.456 e. The highest BCUT2D eigenvalue weighted by atomic mass is 16.6. The van der Waals surface area contributed by atoms with Crippen molar-refractivity contribution in [2.75, 3.05) is 6.61 Å². The van der Waals surface area contributed by atoms with Gasteiger partial charge in [-0.05, 0) is 57.4 Å². The van der Waals surface area contributed by atoms with E-state index in [2.05, 4.69) is 5.32 Å². The van der Waals surface area contributed by atoms with Crippen molar-refractivity contribution >= 4 is 18.0 Å². The van der Waals surface area contributed by atoms with Gasteiger partial charge in [0.15, 0.2) is 0 Å². The molecule has 0 saturated carbocycles. The van der Waals surface area contributed by atoms with Crippen LogP contribution in [0.3, 0.4) is 0 Å². The van der Waals surface area contributed by atoms with E-state index in [1.54, 1.807) is 31.2 Å². The zero-order valence-corrected chi connectivity index (χ0v) is 22.3. The lowest BCUT2D eigenvalue weighted by Gasteiger charge is -2.39. The van der Waals surface area contributed by atoms with Crippen LogP contribution in [0.25, 0.3) is 0 Å². The molecule has 37 heavy (non-hydrogen) atoms. The minimum Gasteiger partial charge on any atom is -0.456 e. The Kier molecular flexibility index (Phi) is 9.10. The Balaban J connectivity index is 1.89.